The van der Waals surface area contributed by atoms with Crippen LogP contribution in [0.5, 0.6) is 0 Å². The summed E-state index contributed by atoms with van der Waals surface area (Å²) < 4.78 is 7.52. The van der Waals surface area contributed by atoms with Crippen LogP contribution < -0.4 is 5.32 Å². The van der Waals surface area contributed by atoms with Gasteiger partial charge in [-0.15, -0.1) is 0 Å². The summed E-state index contributed by atoms with van der Waals surface area (Å²) in [6, 6.07) is 7.71. The van der Waals surface area contributed by atoms with Crippen LogP contribution >= 0.6 is 23.2 Å². The van der Waals surface area contributed by atoms with Gasteiger partial charge in [-0.2, -0.15) is 0 Å². The van der Waals surface area contributed by atoms with Crippen molar-refractivity contribution in [1.29, 1.82) is 0 Å². The van der Waals surface area contributed by atoms with Crippen molar-refractivity contribution in [2.45, 2.75) is 43.4 Å². The van der Waals surface area contributed by atoms with Gasteiger partial charge in [0.05, 0.1) is 27.7 Å². The second kappa shape index (κ2) is 6.73. The van der Waals surface area contributed by atoms with Gasteiger partial charge in [-0.3, -0.25) is 4.57 Å². The van der Waals surface area contributed by atoms with Crippen LogP contribution in [0.25, 0.3) is 21.8 Å². The zero-order valence-electron chi connectivity index (χ0n) is 14.7. The van der Waals surface area contributed by atoms with Crippen molar-refractivity contribution in [3.63, 3.8) is 0 Å². The van der Waals surface area contributed by atoms with Crippen LogP contribution in [-0.4, -0.2) is 55.8 Å². The standard InChI is InChI=1S/C19H19Cl2N3O4/c20-11-3-8-5-13-14(6-9(8)4-12(11)21)24(19(23-13)22-10-1-2-10)18-17(27)16(26)15(7-25)28-18/h3-6,10,15-18,25-27H,1-2,7H2,(H,22,23)/t15-,16-,17-,18?/m1/s1. The maximum Gasteiger partial charge on any atom is 0.206 e. The minimum absolute atomic E-state index is 0.325. The number of hydrogen-bond donors (Lipinski definition) is 4. The fraction of sp³-hybridized carbons (Fsp3) is 0.421. The average molecular weight is 424 g/mol. The molecule has 1 saturated carbocycles. The summed E-state index contributed by atoms with van der Waals surface area (Å²) in [7, 11) is 0. The van der Waals surface area contributed by atoms with E-state index in [0.717, 1.165) is 29.1 Å². The molecule has 1 aliphatic carbocycles. The number of aromatic nitrogens is 2. The Labute approximate surface area is 170 Å². The lowest BCUT2D eigenvalue weighted by molar-refractivity contribution is -0.0499. The molecule has 2 aliphatic rings. The number of halogens is 2. The summed E-state index contributed by atoms with van der Waals surface area (Å²) in [6.07, 6.45) is -2.02. The van der Waals surface area contributed by atoms with Gasteiger partial charge in [0, 0.05) is 6.04 Å². The Bertz CT molecular complexity index is 1070. The van der Waals surface area contributed by atoms with E-state index < -0.39 is 24.5 Å². The molecular formula is C19H19Cl2N3O4. The fourth-order valence-corrected chi connectivity index (χ4v) is 4.04. The second-order valence-electron chi connectivity index (χ2n) is 7.41. The van der Waals surface area contributed by atoms with E-state index in [0.29, 0.717) is 27.6 Å². The first-order chi connectivity index (χ1) is 13.5. The van der Waals surface area contributed by atoms with E-state index in [1.165, 1.54) is 0 Å². The lowest BCUT2D eigenvalue weighted by Crippen LogP contribution is -2.33. The zero-order chi connectivity index (χ0) is 19.6. The molecule has 0 radical (unpaired) electrons. The first-order valence-corrected chi connectivity index (χ1v) is 9.91. The Kier molecular flexibility index (Phi) is 4.42. The van der Waals surface area contributed by atoms with Crippen LogP contribution in [0.2, 0.25) is 10.0 Å². The molecule has 2 heterocycles. The maximum absolute atomic E-state index is 10.6. The largest absolute Gasteiger partial charge is 0.394 e. The first kappa shape index (κ1) is 18.4. The maximum atomic E-state index is 10.6. The molecule has 1 unspecified atom stereocenters. The lowest BCUT2D eigenvalue weighted by atomic mass is 10.1. The van der Waals surface area contributed by atoms with E-state index in [4.69, 9.17) is 32.9 Å². The molecule has 4 N–H and O–H groups in total. The first-order valence-electron chi connectivity index (χ1n) is 9.16. The highest BCUT2D eigenvalue weighted by molar-refractivity contribution is 6.42. The van der Waals surface area contributed by atoms with E-state index in [9.17, 15) is 15.3 Å². The number of nitrogens with zero attached hydrogens (tertiary/aromatic N) is 2. The molecule has 1 aromatic heterocycles. The summed E-state index contributed by atoms with van der Waals surface area (Å²) in [5.41, 5.74) is 1.43. The van der Waals surface area contributed by atoms with Crippen molar-refractivity contribution in [2.24, 2.45) is 0 Å². The van der Waals surface area contributed by atoms with Crippen LogP contribution in [0, 0.1) is 0 Å². The van der Waals surface area contributed by atoms with Gasteiger partial charge >= 0.3 is 0 Å². The topological polar surface area (TPSA) is 99.8 Å². The number of imidazole rings is 1. The van der Waals surface area contributed by atoms with Crippen molar-refractivity contribution < 1.29 is 20.1 Å². The van der Waals surface area contributed by atoms with Crippen LogP contribution in [0.15, 0.2) is 24.3 Å². The highest BCUT2D eigenvalue weighted by Gasteiger charge is 2.45. The predicted molar refractivity (Wildman–Crippen MR) is 107 cm³/mol. The van der Waals surface area contributed by atoms with Gasteiger partial charge in [-0.25, -0.2) is 4.98 Å². The highest BCUT2D eigenvalue weighted by atomic mass is 35.5. The molecule has 0 amide bonds. The number of anilines is 1. The molecule has 148 valence electrons. The van der Waals surface area contributed by atoms with Crippen molar-refractivity contribution in [1.82, 2.24) is 9.55 Å². The molecule has 9 heteroatoms. The van der Waals surface area contributed by atoms with Crippen molar-refractivity contribution in [3.8, 4) is 0 Å². The number of nitrogens with one attached hydrogen (secondary N) is 1. The lowest BCUT2D eigenvalue weighted by Gasteiger charge is -2.20. The van der Waals surface area contributed by atoms with Gasteiger partial charge in [0.1, 0.15) is 18.3 Å². The Morgan fingerprint density at radius 3 is 2.36 bits per heavy atom. The SMILES string of the molecule is OC[C@H]1OC(n2c(NC3CC3)nc3cc4cc(Cl)c(Cl)cc4cc32)[C@H](O)[C@@H]1O. The van der Waals surface area contributed by atoms with E-state index in [1.54, 1.807) is 16.7 Å². The molecule has 0 spiro atoms. The summed E-state index contributed by atoms with van der Waals surface area (Å²) in [5.74, 6) is 0.555. The molecule has 5 rings (SSSR count). The van der Waals surface area contributed by atoms with E-state index in [-0.39, 0.29) is 6.61 Å². The number of aliphatic hydroxyl groups is 3. The van der Waals surface area contributed by atoms with Gasteiger partial charge < -0.3 is 25.4 Å². The molecule has 4 atom stereocenters. The third-order valence-electron chi connectivity index (χ3n) is 5.37. The van der Waals surface area contributed by atoms with E-state index in [2.05, 4.69) is 5.32 Å². The minimum Gasteiger partial charge on any atom is -0.394 e. The molecule has 1 aliphatic heterocycles. The Morgan fingerprint density at radius 2 is 1.75 bits per heavy atom. The average Bonchev–Trinajstić information content (AvgIpc) is 3.36. The fourth-order valence-electron chi connectivity index (χ4n) is 3.70. The Balaban J connectivity index is 1.70. The molecule has 28 heavy (non-hydrogen) atoms. The number of ether oxygens (including phenoxy) is 1. The van der Waals surface area contributed by atoms with Crippen LogP contribution in [0.1, 0.15) is 19.1 Å². The molecule has 0 bridgehead atoms. The molecule has 7 nitrogen and oxygen atoms in total. The number of benzene rings is 2. The second-order valence-corrected chi connectivity index (χ2v) is 8.22. The molecule has 2 fully saturated rings. The molecule has 3 aromatic rings. The molecular weight excluding hydrogens is 405 g/mol. The summed E-state index contributed by atoms with van der Waals surface area (Å²) >= 11 is 12.3. The van der Waals surface area contributed by atoms with Crippen LogP contribution in [0.3, 0.4) is 0 Å². The quantitative estimate of drug-likeness (QED) is 0.514. The van der Waals surface area contributed by atoms with Gasteiger partial charge in [0.2, 0.25) is 5.95 Å². The highest BCUT2D eigenvalue weighted by Crippen LogP contribution is 2.38. The van der Waals surface area contributed by atoms with Gasteiger partial charge in [-0.05, 0) is 47.9 Å². The number of rotatable bonds is 4. The van der Waals surface area contributed by atoms with Crippen molar-refractivity contribution in [3.05, 3.63) is 34.3 Å². The molecule has 2 aromatic carbocycles. The normalized spacial score (nSPS) is 27.8. The van der Waals surface area contributed by atoms with Crippen LogP contribution in [-0.2, 0) is 4.74 Å². The number of fused-ring (bicyclic) bond motifs is 2. The van der Waals surface area contributed by atoms with Crippen LogP contribution in [0.4, 0.5) is 5.95 Å². The van der Waals surface area contributed by atoms with Crippen molar-refractivity contribution in [2.75, 3.05) is 11.9 Å². The number of hydrogen-bond acceptors (Lipinski definition) is 6. The van der Waals surface area contributed by atoms with Gasteiger partial charge in [-0.1, -0.05) is 23.2 Å². The van der Waals surface area contributed by atoms with Crippen molar-refractivity contribution >= 4 is 51.0 Å². The Morgan fingerprint density at radius 1 is 1.07 bits per heavy atom. The summed E-state index contributed by atoms with van der Waals surface area (Å²) in [5, 5.41) is 36.2. The summed E-state index contributed by atoms with van der Waals surface area (Å²) in [4.78, 5) is 4.69. The smallest absolute Gasteiger partial charge is 0.206 e. The van der Waals surface area contributed by atoms with E-state index in [1.807, 2.05) is 12.1 Å². The third kappa shape index (κ3) is 2.94. The minimum atomic E-state index is -1.20. The van der Waals surface area contributed by atoms with Gasteiger partial charge in [0.25, 0.3) is 0 Å². The monoisotopic (exact) mass is 423 g/mol. The predicted octanol–water partition coefficient (Wildman–Crippen LogP) is 2.68. The Hall–Kier alpha value is -1.61. The molecule has 1 saturated heterocycles. The van der Waals surface area contributed by atoms with Gasteiger partial charge in [0.15, 0.2) is 6.23 Å². The zero-order valence-corrected chi connectivity index (χ0v) is 16.2. The third-order valence-corrected chi connectivity index (χ3v) is 6.09. The van der Waals surface area contributed by atoms with E-state index >= 15 is 0 Å². The number of aliphatic hydroxyl groups excluding tert-OH is 3. The summed E-state index contributed by atoms with van der Waals surface area (Å²) in [6.45, 7) is -0.385.